The normalized spacial score (nSPS) is 22.0. The number of rotatable bonds is 0. The predicted octanol–water partition coefficient (Wildman–Crippen LogP) is 3.57. The quantitative estimate of drug-likeness (QED) is 0.633. The van der Waals surface area contributed by atoms with E-state index in [1.54, 1.807) is 11.1 Å². The van der Waals surface area contributed by atoms with Crippen molar-refractivity contribution >= 4 is 15.9 Å². The van der Waals surface area contributed by atoms with Crippen LogP contribution in [0.5, 0.6) is 0 Å². The van der Waals surface area contributed by atoms with E-state index in [1.807, 2.05) is 0 Å². The first-order valence-corrected chi connectivity index (χ1v) is 5.32. The molecule has 0 spiro atoms. The zero-order chi connectivity index (χ0) is 8.55. The molecule has 1 atom stereocenters. The van der Waals surface area contributed by atoms with Crippen LogP contribution in [0.4, 0.5) is 0 Å². The number of hydrogen-bond acceptors (Lipinski definition) is 0. The number of benzene rings is 1. The van der Waals surface area contributed by atoms with Crippen molar-refractivity contribution in [2.75, 3.05) is 0 Å². The third-order valence-corrected chi connectivity index (χ3v) is 3.14. The number of fused-ring (bicyclic) bond motifs is 1. The zero-order valence-electron chi connectivity index (χ0n) is 7.31. The van der Waals surface area contributed by atoms with E-state index in [4.69, 9.17) is 0 Å². The van der Waals surface area contributed by atoms with Gasteiger partial charge in [0.05, 0.1) is 0 Å². The van der Waals surface area contributed by atoms with Crippen LogP contribution in [0.1, 0.15) is 24.5 Å². The molecule has 1 aromatic carbocycles. The molecule has 2 rings (SSSR count). The fourth-order valence-corrected chi connectivity index (χ4v) is 2.31. The molecule has 1 heteroatoms. The molecule has 1 aromatic rings. The lowest BCUT2D eigenvalue weighted by Crippen LogP contribution is -2.10. The highest BCUT2D eigenvalue weighted by molar-refractivity contribution is 9.10. The summed E-state index contributed by atoms with van der Waals surface area (Å²) in [6.07, 6.45) is 3.88. The first-order valence-electron chi connectivity index (χ1n) is 4.53. The Morgan fingerprint density at radius 2 is 2.17 bits per heavy atom. The van der Waals surface area contributed by atoms with Gasteiger partial charge in [-0.1, -0.05) is 28.9 Å². The lowest BCUT2D eigenvalue weighted by Gasteiger charge is -2.21. The third kappa shape index (κ3) is 1.56. The molecule has 1 unspecified atom stereocenters. The van der Waals surface area contributed by atoms with Gasteiger partial charge in [-0.3, -0.25) is 0 Å². The molecule has 0 nitrogen and oxygen atoms in total. The first kappa shape index (κ1) is 8.31. The molecule has 1 aliphatic rings. The highest BCUT2D eigenvalue weighted by Gasteiger charge is 2.14. The fourth-order valence-electron chi connectivity index (χ4n) is 1.91. The van der Waals surface area contributed by atoms with Gasteiger partial charge in [0.1, 0.15) is 0 Å². The lowest BCUT2D eigenvalue weighted by atomic mass is 9.85. The molecule has 64 valence electrons. The number of hydrogen-bond donors (Lipinski definition) is 0. The number of halogens is 1. The second-order valence-electron chi connectivity index (χ2n) is 3.76. The molecule has 0 amide bonds. The Labute approximate surface area is 82.1 Å². The van der Waals surface area contributed by atoms with Crippen LogP contribution < -0.4 is 0 Å². The van der Waals surface area contributed by atoms with E-state index in [2.05, 4.69) is 41.1 Å². The summed E-state index contributed by atoms with van der Waals surface area (Å²) in [7, 11) is 0. The van der Waals surface area contributed by atoms with Crippen LogP contribution in [-0.2, 0) is 12.8 Å². The van der Waals surface area contributed by atoms with E-state index in [0.717, 1.165) is 5.92 Å². The van der Waals surface area contributed by atoms with Crippen molar-refractivity contribution in [3.8, 4) is 0 Å². The molecule has 12 heavy (non-hydrogen) atoms. The smallest absolute Gasteiger partial charge is 0.0178 e. The van der Waals surface area contributed by atoms with Crippen molar-refractivity contribution in [2.45, 2.75) is 26.2 Å². The summed E-state index contributed by atoms with van der Waals surface area (Å²) in [6, 6.07) is 6.67. The van der Waals surface area contributed by atoms with Gasteiger partial charge in [-0.25, -0.2) is 0 Å². The van der Waals surface area contributed by atoms with Gasteiger partial charge in [-0.15, -0.1) is 0 Å². The van der Waals surface area contributed by atoms with Gasteiger partial charge in [0.2, 0.25) is 0 Å². The average Bonchev–Trinajstić information content (AvgIpc) is 2.05. The molecule has 1 aliphatic carbocycles. The Hall–Kier alpha value is -0.300. The van der Waals surface area contributed by atoms with Gasteiger partial charge in [-0.2, -0.15) is 0 Å². The van der Waals surface area contributed by atoms with Crippen LogP contribution in [-0.4, -0.2) is 0 Å². The Bertz CT molecular complexity index is 291. The monoisotopic (exact) mass is 224 g/mol. The van der Waals surface area contributed by atoms with Crippen molar-refractivity contribution in [1.29, 1.82) is 0 Å². The Morgan fingerprint density at radius 1 is 1.33 bits per heavy atom. The van der Waals surface area contributed by atoms with Crippen LogP contribution in [0.25, 0.3) is 0 Å². The molecule has 0 fully saturated rings. The summed E-state index contributed by atoms with van der Waals surface area (Å²) in [5.74, 6) is 0.874. The summed E-state index contributed by atoms with van der Waals surface area (Å²) >= 11 is 3.51. The van der Waals surface area contributed by atoms with Crippen LogP contribution >= 0.6 is 15.9 Å². The zero-order valence-corrected chi connectivity index (χ0v) is 8.89. The van der Waals surface area contributed by atoms with Crippen LogP contribution in [0.3, 0.4) is 0 Å². The van der Waals surface area contributed by atoms with Crippen molar-refractivity contribution in [3.05, 3.63) is 33.8 Å². The maximum Gasteiger partial charge on any atom is 0.0178 e. The minimum Gasteiger partial charge on any atom is -0.0622 e. The second kappa shape index (κ2) is 3.21. The van der Waals surface area contributed by atoms with E-state index >= 15 is 0 Å². The predicted molar refractivity (Wildman–Crippen MR) is 55.3 cm³/mol. The lowest BCUT2D eigenvalue weighted by molar-refractivity contribution is 0.501. The van der Waals surface area contributed by atoms with E-state index in [0.29, 0.717) is 0 Å². The highest BCUT2D eigenvalue weighted by atomic mass is 79.9. The number of aryl methyl sites for hydroxylation is 1. The van der Waals surface area contributed by atoms with Gasteiger partial charge in [-0.05, 0) is 48.4 Å². The van der Waals surface area contributed by atoms with Crippen LogP contribution in [0.2, 0.25) is 0 Å². The summed E-state index contributed by atoms with van der Waals surface area (Å²) < 4.78 is 1.22. The minimum absolute atomic E-state index is 0.874. The molecular formula is C11H13Br. The molecule has 0 N–H and O–H groups in total. The summed E-state index contributed by atoms with van der Waals surface area (Å²) in [6.45, 7) is 2.34. The standard InChI is InChI=1S/C11H13Br/c1-8-2-3-10-7-11(12)5-4-9(10)6-8/h4-5,7-8H,2-3,6H2,1H3. The van der Waals surface area contributed by atoms with Gasteiger partial charge in [0, 0.05) is 4.47 Å². The molecule has 0 radical (unpaired) electrons. The van der Waals surface area contributed by atoms with Gasteiger partial charge in [0.25, 0.3) is 0 Å². The van der Waals surface area contributed by atoms with Crippen molar-refractivity contribution in [1.82, 2.24) is 0 Å². The topological polar surface area (TPSA) is 0 Å². The summed E-state index contributed by atoms with van der Waals surface area (Å²) in [5.41, 5.74) is 3.10. The van der Waals surface area contributed by atoms with Crippen molar-refractivity contribution in [3.63, 3.8) is 0 Å². The maximum atomic E-state index is 3.51. The molecule has 0 bridgehead atoms. The van der Waals surface area contributed by atoms with Crippen LogP contribution in [0.15, 0.2) is 22.7 Å². The maximum absolute atomic E-state index is 3.51. The highest BCUT2D eigenvalue weighted by Crippen LogP contribution is 2.27. The van der Waals surface area contributed by atoms with E-state index in [-0.39, 0.29) is 0 Å². The first-order chi connectivity index (χ1) is 5.75. The second-order valence-corrected chi connectivity index (χ2v) is 4.68. The van der Waals surface area contributed by atoms with Gasteiger partial charge in [0.15, 0.2) is 0 Å². The van der Waals surface area contributed by atoms with Crippen molar-refractivity contribution < 1.29 is 0 Å². The molecule has 0 saturated heterocycles. The van der Waals surface area contributed by atoms with Gasteiger partial charge >= 0.3 is 0 Å². The summed E-state index contributed by atoms with van der Waals surface area (Å²) in [4.78, 5) is 0. The molecular weight excluding hydrogens is 212 g/mol. The average molecular weight is 225 g/mol. The van der Waals surface area contributed by atoms with E-state index in [9.17, 15) is 0 Å². The molecule has 0 aliphatic heterocycles. The molecule has 0 aromatic heterocycles. The van der Waals surface area contributed by atoms with Crippen molar-refractivity contribution in [2.24, 2.45) is 5.92 Å². The van der Waals surface area contributed by atoms with Gasteiger partial charge < -0.3 is 0 Å². The Kier molecular flexibility index (Phi) is 2.22. The summed E-state index contributed by atoms with van der Waals surface area (Å²) in [5, 5.41) is 0. The Morgan fingerprint density at radius 3 is 3.00 bits per heavy atom. The SMILES string of the molecule is CC1CCc2cc(Br)ccc2C1. The minimum atomic E-state index is 0.874. The fraction of sp³-hybridized carbons (Fsp3) is 0.455. The molecule has 0 saturated carbocycles. The largest absolute Gasteiger partial charge is 0.0622 e. The Balaban J connectivity index is 2.37. The van der Waals surface area contributed by atoms with E-state index < -0.39 is 0 Å². The van der Waals surface area contributed by atoms with E-state index in [1.165, 1.54) is 23.7 Å². The molecule has 0 heterocycles. The van der Waals surface area contributed by atoms with Crippen LogP contribution in [0, 0.1) is 5.92 Å². The third-order valence-electron chi connectivity index (χ3n) is 2.64.